The maximum atomic E-state index is 5.66. The smallest absolute Gasteiger partial charge is 0.224 e. The standard InChI is InChI=1S/C21H24N4O/c1-3-26-19-12-8-7-11-18(19)24-20-15-16(2)23-21(25-20)22-14-13-17-9-5-4-6-10-17/h4-12,15H,3,13-14H2,1-2H3,(H2,22,23,24,25). The van der Waals surface area contributed by atoms with Crippen molar-refractivity contribution in [3.63, 3.8) is 0 Å². The zero-order valence-electron chi connectivity index (χ0n) is 15.2. The van der Waals surface area contributed by atoms with Crippen LogP contribution < -0.4 is 15.4 Å². The van der Waals surface area contributed by atoms with E-state index in [0.717, 1.165) is 35.9 Å². The van der Waals surface area contributed by atoms with Gasteiger partial charge in [0, 0.05) is 18.3 Å². The van der Waals surface area contributed by atoms with Crippen LogP contribution in [0.1, 0.15) is 18.2 Å². The van der Waals surface area contributed by atoms with Gasteiger partial charge in [0.05, 0.1) is 12.3 Å². The van der Waals surface area contributed by atoms with Crippen LogP contribution >= 0.6 is 0 Å². The highest BCUT2D eigenvalue weighted by Gasteiger charge is 2.06. The minimum Gasteiger partial charge on any atom is -0.492 e. The number of anilines is 3. The number of hydrogen-bond acceptors (Lipinski definition) is 5. The Bertz CT molecular complexity index is 836. The Balaban J connectivity index is 1.68. The molecule has 5 nitrogen and oxygen atoms in total. The Morgan fingerprint density at radius 2 is 1.73 bits per heavy atom. The van der Waals surface area contributed by atoms with E-state index < -0.39 is 0 Å². The zero-order valence-corrected chi connectivity index (χ0v) is 15.2. The first-order chi connectivity index (χ1) is 12.7. The monoisotopic (exact) mass is 348 g/mol. The van der Waals surface area contributed by atoms with Gasteiger partial charge in [-0.3, -0.25) is 0 Å². The van der Waals surface area contributed by atoms with Crippen molar-refractivity contribution in [1.82, 2.24) is 9.97 Å². The lowest BCUT2D eigenvalue weighted by Crippen LogP contribution is -2.09. The fourth-order valence-corrected chi connectivity index (χ4v) is 2.66. The molecule has 0 bridgehead atoms. The minimum atomic E-state index is 0.619. The summed E-state index contributed by atoms with van der Waals surface area (Å²) in [4.78, 5) is 9.04. The lowest BCUT2D eigenvalue weighted by molar-refractivity contribution is 0.342. The quantitative estimate of drug-likeness (QED) is 0.624. The molecule has 3 rings (SSSR count). The summed E-state index contributed by atoms with van der Waals surface area (Å²) < 4.78 is 5.66. The molecule has 5 heteroatoms. The first kappa shape index (κ1) is 17.7. The second-order valence-corrected chi connectivity index (χ2v) is 5.93. The summed E-state index contributed by atoms with van der Waals surface area (Å²) in [6.07, 6.45) is 0.925. The van der Waals surface area contributed by atoms with Crippen LogP contribution in [-0.4, -0.2) is 23.1 Å². The molecule has 0 spiro atoms. The lowest BCUT2D eigenvalue weighted by Gasteiger charge is -2.13. The highest BCUT2D eigenvalue weighted by atomic mass is 16.5. The molecule has 0 atom stereocenters. The molecule has 0 aliphatic heterocycles. The van der Waals surface area contributed by atoms with Crippen LogP contribution in [0.25, 0.3) is 0 Å². The molecule has 2 aromatic carbocycles. The minimum absolute atomic E-state index is 0.619. The molecule has 3 aromatic rings. The van der Waals surface area contributed by atoms with Crippen molar-refractivity contribution in [3.05, 3.63) is 71.9 Å². The molecule has 26 heavy (non-hydrogen) atoms. The number of ether oxygens (including phenoxy) is 1. The van der Waals surface area contributed by atoms with Gasteiger partial charge in [-0.05, 0) is 38.0 Å². The summed E-state index contributed by atoms with van der Waals surface area (Å²) in [7, 11) is 0. The summed E-state index contributed by atoms with van der Waals surface area (Å²) in [6, 6.07) is 20.1. The molecule has 0 aliphatic carbocycles. The van der Waals surface area contributed by atoms with Gasteiger partial charge in [0.25, 0.3) is 0 Å². The summed E-state index contributed by atoms with van der Waals surface area (Å²) in [5.41, 5.74) is 3.08. The normalized spacial score (nSPS) is 10.4. The summed E-state index contributed by atoms with van der Waals surface area (Å²) in [5.74, 6) is 2.18. The van der Waals surface area contributed by atoms with Crippen molar-refractivity contribution < 1.29 is 4.74 Å². The molecule has 0 saturated heterocycles. The molecule has 1 aromatic heterocycles. The maximum Gasteiger partial charge on any atom is 0.224 e. The Morgan fingerprint density at radius 3 is 2.54 bits per heavy atom. The maximum absolute atomic E-state index is 5.66. The third-order valence-corrected chi connectivity index (χ3v) is 3.84. The zero-order chi connectivity index (χ0) is 18.2. The van der Waals surface area contributed by atoms with Gasteiger partial charge < -0.3 is 15.4 Å². The molecular weight excluding hydrogens is 324 g/mol. The average molecular weight is 348 g/mol. The molecule has 1 heterocycles. The molecule has 0 radical (unpaired) electrons. The van der Waals surface area contributed by atoms with Gasteiger partial charge in [-0.2, -0.15) is 4.98 Å². The molecule has 0 aliphatic rings. The van der Waals surface area contributed by atoms with Crippen LogP contribution in [0.15, 0.2) is 60.7 Å². The lowest BCUT2D eigenvalue weighted by atomic mass is 10.1. The van der Waals surface area contributed by atoms with E-state index in [2.05, 4.69) is 44.9 Å². The first-order valence-corrected chi connectivity index (χ1v) is 8.87. The van der Waals surface area contributed by atoms with Crippen LogP contribution in [0.4, 0.5) is 17.5 Å². The molecule has 0 amide bonds. The van der Waals surface area contributed by atoms with E-state index in [4.69, 9.17) is 4.74 Å². The number of nitrogens with zero attached hydrogens (tertiary/aromatic N) is 2. The Labute approximate surface area is 154 Å². The summed E-state index contributed by atoms with van der Waals surface area (Å²) in [5, 5.41) is 6.64. The second kappa shape index (κ2) is 8.85. The van der Waals surface area contributed by atoms with Crippen molar-refractivity contribution in [2.24, 2.45) is 0 Å². The highest BCUT2D eigenvalue weighted by Crippen LogP contribution is 2.27. The number of hydrogen-bond donors (Lipinski definition) is 2. The fraction of sp³-hybridized carbons (Fsp3) is 0.238. The predicted octanol–water partition coefficient (Wildman–Crippen LogP) is 4.58. The van der Waals surface area contributed by atoms with Crippen molar-refractivity contribution in [1.29, 1.82) is 0 Å². The van der Waals surface area contributed by atoms with Gasteiger partial charge in [-0.15, -0.1) is 0 Å². The van der Waals surface area contributed by atoms with Crippen LogP contribution in [0.3, 0.4) is 0 Å². The number of aromatic nitrogens is 2. The summed E-state index contributed by atoms with van der Waals surface area (Å²) in [6.45, 7) is 5.33. The van der Waals surface area contributed by atoms with Gasteiger partial charge in [0.1, 0.15) is 11.6 Å². The highest BCUT2D eigenvalue weighted by molar-refractivity contribution is 5.64. The van der Waals surface area contributed by atoms with E-state index >= 15 is 0 Å². The van der Waals surface area contributed by atoms with Gasteiger partial charge >= 0.3 is 0 Å². The molecule has 2 N–H and O–H groups in total. The number of para-hydroxylation sites is 2. The number of rotatable bonds is 8. The van der Waals surface area contributed by atoms with Gasteiger partial charge in [0.15, 0.2) is 0 Å². The van der Waals surface area contributed by atoms with E-state index in [1.165, 1.54) is 5.56 Å². The average Bonchev–Trinajstić information content (AvgIpc) is 2.64. The van der Waals surface area contributed by atoms with Crippen LogP contribution in [0.5, 0.6) is 5.75 Å². The molecule has 0 fully saturated rings. The number of nitrogens with one attached hydrogen (secondary N) is 2. The molecule has 0 saturated carbocycles. The van der Waals surface area contributed by atoms with E-state index in [1.807, 2.05) is 50.2 Å². The van der Waals surface area contributed by atoms with Crippen molar-refractivity contribution in [3.8, 4) is 5.75 Å². The third-order valence-electron chi connectivity index (χ3n) is 3.84. The second-order valence-electron chi connectivity index (χ2n) is 5.93. The Hall–Kier alpha value is -3.08. The molecule has 0 unspecified atom stereocenters. The van der Waals surface area contributed by atoms with Crippen molar-refractivity contribution in [2.45, 2.75) is 20.3 Å². The van der Waals surface area contributed by atoms with Gasteiger partial charge in [0.2, 0.25) is 5.95 Å². The van der Waals surface area contributed by atoms with Gasteiger partial charge in [-0.1, -0.05) is 42.5 Å². The van der Waals surface area contributed by atoms with E-state index in [0.29, 0.717) is 12.6 Å². The Kier molecular flexibility index (Phi) is 6.04. The molecule has 134 valence electrons. The van der Waals surface area contributed by atoms with E-state index in [1.54, 1.807) is 0 Å². The fourth-order valence-electron chi connectivity index (χ4n) is 2.66. The predicted molar refractivity (Wildman–Crippen MR) is 106 cm³/mol. The van der Waals surface area contributed by atoms with Crippen molar-refractivity contribution in [2.75, 3.05) is 23.8 Å². The molecular formula is C21H24N4O. The first-order valence-electron chi connectivity index (χ1n) is 8.87. The van der Waals surface area contributed by atoms with Crippen LogP contribution in [0, 0.1) is 6.92 Å². The largest absolute Gasteiger partial charge is 0.492 e. The van der Waals surface area contributed by atoms with Crippen molar-refractivity contribution >= 4 is 17.5 Å². The number of aryl methyl sites for hydroxylation is 1. The summed E-state index contributed by atoms with van der Waals surface area (Å²) >= 11 is 0. The third kappa shape index (κ3) is 4.96. The van der Waals surface area contributed by atoms with E-state index in [-0.39, 0.29) is 0 Å². The Morgan fingerprint density at radius 1 is 0.962 bits per heavy atom. The van der Waals surface area contributed by atoms with E-state index in [9.17, 15) is 0 Å². The topological polar surface area (TPSA) is 59.1 Å². The van der Waals surface area contributed by atoms with Crippen LogP contribution in [0.2, 0.25) is 0 Å². The van der Waals surface area contributed by atoms with Crippen LogP contribution in [-0.2, 0) is 6.42 Å². The van der Waals surface area contributed by atoms with Gasteiger partial charge in [-0.25, -0.2) is 4.98 Å². The SMILES string of the molecule is CCOc1ccccc1Nc1cc(C)nc(NCCc2ccccc2)n1. The number of benzene rings is 2.